The van der Waals surface area contributed by atoms with Crippen LogP contribution in [0.2, 0.25) is 0 Å². The maximum atomic E-state index is 13.4. The number of fused-ring (bicyclic) bond motifs is 2. The van der Waals surface area contributed by atoms with E-state index < -0.39 is 0 Å². The lowest BCUT2D eigenvalue weighted by molar-refractivity contribution is -0.144. The molecule has 0 N–H and O–H groups in total. The van der Waals surface area contributed by atoms with Crippen LogP contribution in [-0.4, -0.2) is 36.1 Å². The van der Waals surface area contributed by atoms with E-state index in [0.29, 0.717) is 13.1 Å². The molecule has 0 bridgehead atoms. The van der Waals surface area contributed by atoms with Gasteiger partial charge in [-0.15, -0.1) is 0 Å². The number of carbonyl (C=O) groups is 1. The zero-order valence-electron chi connectivity index (χ0n) is 13.9. The SMILES string of the molecule is C[C@@H]1CN(C(=O)C2c3ccccc3Oc3ccccc32)C[C@@H](C)O1. The number of ether oxygens (including phenoxy) is 2. The minimum Gasteiger partial charge on any atom is -0.457 e. The highest BCUT2D eigenvalue weighted by atomic mass is 16.5. The van der Waals surface area contributed by atoms with E-state index in [-0.39, 0.29) is 24.0 Å². The molecule has 4 nitrogen and oxygen atoms in total. The molecule has 0 saturated carbocycles. The Balaban J connectivity index is 1.75. The second-order valence-electron chi connectivity index (χ2n) is 6.61. The van der Waals surface area contributed by atoms with Gasteiger partial charge in [0.05, 0.1) is 18.1 Å². The molecule has 0 radical (unpaired) electrons. The predicted molar refractivity (Wildman–Crippen MR) is 91.4 cm³/mol. The van der Waals surface area contributed by atoms with Crippen LogP contribution in [-0.2, 0) is 9.53 Å². The summed E-state index contributed by atoms with van der Waals surface area (Å²) in [6.07, 6.45) is 0.117. The fraction of sp³-hybridized carbons (Fsp3) is 0.350. The summed E-state index contributed by atoms with van der Waals surface area (Å²) in [5.74, 6) is 1.34. The van der Waals surface area contributed by atoms with Crippen molar-refractivity contribution in [3.05, 3.63) is 59.7 Å². The Morgan fingerprint density at radius 3 is 1.96 bits per heavy atom. The first kappa shape index (κ1) is 15.2. The van der Waals surface area contributed by atoms with Crippen LogP contribution in [0.4, 0.5) is 0 Å². The molecule has 2 atom stereocenters. The molecule has 0 unspecified atom stereocenters. The van der Waals surface area contributed by atoms with Crippen molar-refractivity contribution in [1.29, 1.82) is 0 Å². The minimum absolute atomic E-state index is 0.0584. The number of hydrogen-bond acceptors (Lipinski definition) is 3. The normalized spacial score (nSPS) is 23.2. The fourth-order valence-corrected chi connectivity index (χ4v) is 3.72. The topological polar surface area (TPSA) is 38.8 Å². The largest absolute Gasteiger partial charge is 0.457 e. The highest BCUT2D eigenvalue weighted by molar-refractivity contribution is 5.89. The molecule has 2 aromatic carbocycles. The van der Waals surface area contributed by atoms with Crippen molar-refractivity contribution in [3.8, 4) is 11.5 Å². The molecule has 4 rings (SSSR count). The van der Waals surface area contributed by atoms with Crippen molar-refractivity contribution in [3.63, 3.8) is 0 Å². The second kappa shape index (κ2) is 5.95. The van der Waals surface area contributed by atoms with Gasteiger partial charge in [0.1, 0.15) is 11.5 Å². The summed E-state index contributed by atoms with van der Waals surface area (Å²) in [6.45, 7) is 5.29. The summed E-state index contributed by atoms with van der Waals surface area (Å²) >= 11 is 0. The molecule has 24 heavy (non-hydrogen) atoms. The van der Waals surface area contributed by atoms with Gasteiger partial charge in [0.25, 0.3) is 0 Å². The van der Waals surface area contributed by atoms with Gasteiger partial charge in [0, 0.05) is 24.2 Å². The van der Waals surface area contributed by atoms with Gasteiger partial charge in [0.2, 0.25) is 5.91 Å². The van der Waals surface area contributed by atoms with Crippen LogP contribution in [0, 0.1) is 0 Å². The van der Waals surface area contributed by atoms with Crippen molar-refractivity contribution >= 4 is 5.91 Å². The van der Waals surface area contributed by atoms with Gasteiger partial charge >= 0.3 is 0 Å². The Morgan fingerprint density at radius 2 is 1.42 bits per heavy atom. The predicted octanol–water partition coefficient (Wildman–Crippen LogP) is 3.56. The van der Waals surface area contributed by atoms with Crippen molar-refractivity contribution in [1.82, 2.24) is 4.90 Å². The van der Waals surface area contributed by atoms with E-state index in [1.807, 2.05) is 67.3 Å². The molecule has 1 saturated heterocycles. The van der Waals surface area contributed by atoms with Crippen molar-refractivity contribution in [2.45, 2.75) is 32.0 Å². The van der Waals surface area contributed by atoms with E-state index in [1.165, 1.54) is 0 Å². The average molecular weight is 323 g/mol. The standard InChI is InChI=1S/C20H21NO3/c1-13-11-21(12-14(2)23-13)20(22)19-15-7-3-5-9-17(15)24-18-10-6-4-8-16(18)19/h3-10,13-14,19H,11-12H2,1-2H3/t13-,14-/m1/s1. The van der Waals surface area contributed by atoms with Gasteiger partial charge < -0.3 is 14.4 Å². The Bertz CT molecular complexity index is 717. The second-order valence-corrected chi connectivity index (χ2v) is 6.61. The number of hydrogen-bond donors (Lipinski definition) is 0. The number of para-hydroxylation sites is 2. The zero-order valence-corrected chi connectivity index (χ0v) is 13.9. The maximum Gasteiger partial charge on any atom is 0.235 e. The van der Waals surface area contributed by atoms with E-state index in [4.69, 9.17) is 9.47 Å². The summed E-state index contributed by atoms with van der Waals surface area (Å²) < 4.78 is 11.8. The Kier molecular flexibility index (Phi) is 3.77. The summed E-state index contributed by atoms with van der Waals surface area (Å²) in [5.41, 5.74) is 1.88. The molecule has 2 aliphatic rings. The number of rotatable bonds is 1. The van der Waals surface area contributed by atoms with E-state index in [1.54, 1.807) is 0 Å². The molecule has 0 spiro atoms. The number of morpholine rings is 1. The van der Waals surface area contributed by atoms with Gasteiger partial charge in [-0.1, -0.05) is 36.4 Å². The summed E-state index contributed by atoms with van der Waals surface area (Å²) in [7, 11) is 0. The average Bonchev–Trinajstić information content (AvgIpc) is 2.58. The number of carbonyl (C=O) groups excluding carboxylic acids is 1. The molecule has 0 aromatic heterocycles. The summed E-state index contributed by atoms with van der Waals surface area (Å²) in [5, 5.41) is 0. The van der Waals surface area contributed by atoms with Crippen molar-refractivity contribution in [2.24, 2.45) is 0 Å². The van der Waals surface area contributed by atoms with Gasteiger partial charge in [-0.05, 0) is 26.0 Å². The van der Waals surface area contributed by atoms with E-state index >= 15 is 0 Å². The fourth-order valence-electron chi connectivity index (χ4n) is 3.72. The van der Waals surface area contributed by atoms with Gasteiger partial charge in [-0.3, -0.25) is 4.79 Å². The molecule has 0 aliphatic carbocycles. The Hall–Kier alpha value is -2.33. The first-order chi connectivity index (χ1) is 11.6. The molecule has 2 aromatic rings. The highest BCUT2D eigenvalue weighted by Crippen LogP contribution is 2.44. The molecule has 124 valence electrons. The van der Waals surface area contributed by atoms with Crippen LogP contribution in [0.3, 0.4) is 0 Å². The van der Waals surface area contributed by atoms with Crippen molar-refractivity contribution < 1.29 is 14.3 Å². The van der Waals surface area contributed by atoms with E-state index in [2.05, 4.69) is 0 Å². The van der Waals surface area contributed by atoms with E-state index in [9.17, 15) is 4.79 Å². The van der Waals surface area contributed by atoms with E-state index in [0.717, 1.165) is 22.6 Å². The smallest absolute Gasteiger partial charge is 0.235 e. The molecule has 2 aliphatic heterocycles. The molecular weight excluding hydrogens is 302 g/mol. The summed E-state index contributed by atoms with van der Waals surface area (Å²) in [6, 6.07) is 15.6. The number of nitrogens with zero attached hydrogens (tertiary/aromatic N) is 1. The quantitative estimate of drug-likeness (QED) is 0.805. The van der Waals surface area contributed by atoms with Crippen LogP contribution in [0.15, 0.2) is 48.5 Å². The molecule has 4 heteroatoms. The van der Waals surface area contributed by atoms with Crippen LogP contribution < -0.4 is 4.74 Å². The number of benzene rings is 2. The molecule has 1 fully saturated rings. The van der Waals surface area contributed by atoms with Gasteiger partial charge in [-0.2, -0.15) is 0 Å². The lowest BCUT2D eigenvalue weighted by Crippen LogP contribution is -2.50. The first-order valence-corrected chi connectivity index (χ1v) is 8.43. The highest BCUT2D eigenvalue weighted by Gasteiger charge is 2.37. The number of amides is 1. The van der Waals surface area contributed by atoms with Crippen LogP contribution in [0.25, 0.3) is 0 Å². The van der Waals surface area contributed by atoms with Crippen LogP contribution in [0.1, 0.15) is 30.9 Å². The van der Waals surface area contributed by atoms with Crippen molar-refractivity contribution in [2.75, 3.05) is 13.1 Å². The van der Waals surface area contributed by atoms with Gasteiger partial charge in [0.15, 0.2) is 0 Å². The Morgan fingerprint density at radius 1 is 0.917 bits per heavy atom. The molecule has 1 amide bonds. The molecule has 2 heterocycles. The van der Waals surface area contributed by atoms with Gasteiger partial charge in [-0.25, -0.2) is 0 Å². The Labute approximate surface area is 142 Å². The zero-order chi connectivity index (χ0) is 16.7. The third-order valence-electron chi connectivity index (χ3n) is 4.66. The summed E-state index contributed by atoms with van der Waals surface area (Å²) in [4.78, 5) is 15.3. The third kappa shape index (κ3) is 2.57. The third-order valence-corrected chi connectivity index (χ3v) is 4.66. The maximum absolute atomic E-state index is 13.4. The lowest BCUT2D eigenvalue weighted by Gasteiger charge is -2.38. The minimum atomic E-state index is -0.316. The lowest BCUT2D eigenvalue weighted by atomic mass is 9.86. The molecular formula is C20H21NO3. The van der Waals surface area contributed by atoms with Crippen LogP contribution in [0.5, 0.6) is 11.5 Å². The van der Waals surface area contributed by atoms with Crippen LogP contribution >= 0.6 is 0 Å². The monoisotopic (exact) mass is 323 g/mol. The first-order valence-electron chi connectivity index (χ1n) is 8.43.